The molecule has 0 bridgehead atoms. The minimum absolute atomic E-state index is 0.0387. The van der Waals surface area contributed by atoms with Gasteiger partial charge in [-0.1, -0.05) is 6.07 Å². The number of sulfonamides is 2. The molecule has 1 heterocycles. The molecule has 24 heavy (non-hydrogen) atoms. The molecule has 1 saturated heterocycles. The van der Waals surface area contributed by atoms with Crippen molar-refractivity contribution in [3.8, 4) is 0 Å². The monoisotopic (exact) mass is 375 g/mol. The lowest BCUT2D eigenvalue weighted by Gasteiger charge is -2.33. The minimum atomic E-state index is -3.88. The first-order valence-electron chi connectivity index (χ1n) is 7.46. The quantitative estimate of drug-likeness (QED) is 0.543. The van der Waals surface area contributed by atoms with Crippen molar-refractivity contribution in [2.75, 3.05) is 26.2 Å². The molecule has 0 radical (unpaired) electrons. The molecular weight excluding hydrogens is 358 g/mol. The molecule has 2 fully saturated rings. The molecule has 0 aromatic heterocycles. The lowest BCUT2D eigenvalue weighted by Crippen LogP contribution is -2.51. The van der Waals surface area contributed by atoms with Gasteiger partial charge < -0.3 is 0 Å². The lowest BCUT2D eigenvalue weighted by atomic mass is 10.3. The predicted molar refractivity (Wildman–Crippen MR) is 85.4 cm³/mol. The zero-order chi connectivity index (χ0) is 17.5. The largest absolute Gasteiger partial charge is 0.270 e. The highest BCUT2D eigenvalue weighted by Crippen LogP contribution is 2.32. The van der Waals surface area contributed by atoms with Crippen LogP contribution in [0.3, 0.4) is 0 Å². The number of hydrogen-bond donors (Lipinski definition) is 0. The molecule has 1 aliphatic heterocycles. The first-order chi connectivity index (χ1) is 11.2. The summed E-state index contributed by atoms with van der Waals surface area (Å²) in [5.41, 5.74) is -0.300. The van der Waals surface area contributed by atoms with E-state index in [-0.39, 0.29) is 42.0 Å². The molecular formula is C13H17N3O6S2. The van der Waals surface area contributed by atoms with Gasteiger partial charge in [-0.2, -0.15) is 8.61 Å². The maximum atomic E-state index is 12.6. The summed E-state index contributed by atoms with van der Waals surface area (Å²) in [5, 5.41) is 10.5. The molecule has 0 N–H and O–H groups in total. The standard InChI is InChI=1S/C13H17N3O6S2/c17-16(18)11-2-1-3-13(10-11)24(21,22)15-8-6-14(7-9-15)23(19,20)12-4-5-12/h1-3,10,12H,4-9H2. The van der Waals surface area contributed by atoms with Crippen LogP contribution in [0.2, 0.25) is 0 Å². The molecule has 1 aliphatic carbocycles. The Hall–Kier alpha value is -1.56. The fourth-order valence-electron chi connectivity index (χ4n) is 2.65. The first-order valence-corrected chi connectivity index (χ1v) is 10.4. The van der Waals surface area contributed by atoms with Gasteiger partial charge in [0.2, 0.25) is 20.0 Å². The summed E-state index contributed by atoms with van der Waals surface area (Å²) in [6, 6.07) is 4.86. The first kappa shape index (κ1) is 17.3. The normalized spacial score (nSPS) is 20.8. The van der Waals surface area contributed by atoms with Gasteiger partial charge in [-0.3, -0.25) is 10.1 Å². The van der Waals surface area contributed by atoms with Gasteiger partial charge in [-0.05, 0) is 18.9 Å². The van der Waals surface area contributed by atoms with Gasteiger partial charge in [0.1, 0.15) is 0 Å². The maximum Gasteiger partial charge on any atom is 0.270 e. The van der Waals surface area contributed by atoms with Crippen molar-refractivity contribution < 1.29 is 21.8 Å². The second-order valence-electron chi connectivity index (χ2n) is 5.80. The third-order valence-electron chi connectivity index (χ3n) is 4.17. The highest BCUT2D eigenvalue weighted by Gasteiger charge is 2.42. The second-order valence-corrected chi connectivity index (χ2v) is 9.95. The number of nitrogens with zero attached hydrogens (tertiary/aromatic N) is 3. The number of nitro benzene ring substituents is 1. The van der Waals surface area contributed by atoms with Crippen molar-refractivity contribution in [3.63, 3.8) is 0 Å². The van der Waals surface area contributed by atoms with Crippen LogP contribution in [-0.4, -0.2) is 61.8 Å². The molecule has 0 unspecified atom stereocenters. The molecule has 0 spiro atoms. The fourth-order valence-corrected chi connectivity index (χ4v) is 5.94. The number of benzene rings is 1. The zero-order valence-electron chi connectivity index (χ0n) is 12.7. The number of nitro groups is 1. The van der Waals surface area contributed by atoms with E-state index in [9.17, 15) is 26.9 Å². The Kier molecular flexibility index (Phi) is 4.36. The van der Waals surface area contributed by atoms with Crippen molar-refractivity contribution in [1.82, 2.24) is 8.61 Å². The fraction of sp³-hybridized carbons (Fsp3) is 0.538. The summed E-state index contributed by atoms with van der Waals surface area (Å²) in [5.74, 6) is 0. The van der Waals surface area contributed by atoms with Gasteiger partial charge in [-0.15, -0.1) is 0 Å². The number of rotatable bonds is 5. The average molecular weight is 375 g/mol. The molecule has 3 rings (SSSR count). The van der Waals surface area contributed by atoms with E-state index in [0.29, 0.717) is 12.8 Å². The Balaban J connectivity index is 1.75. The third kappa shape index (κ3) is 3.16. The van der Waals surface area contributed by atoms with Crippen molar-refractivity contribution >= 4 is 25.7 Å². The predicted octanol–water partition coefficient (Wildman–Crippen LogP) is 0.393. The summed E-state index contributed by atoms with van der Waals surface area (Å²) in [4.78, 5) is 9.99. The average Bonchev–Trinajstić information content (AvgIpc) is 3.40. The van der Waals surface area contributed by atoms with Gasteiger partial charge in [0.15, 0.2) is 0 Å². The van der Waals surface area contributed by atoms with E-state index in [1.807, 2.05) is 0 Å². The summed E-state index contributed by atoms with van der Waals surface area (Å²) >= 11 is 0. The van der Waals surface area contributed by atoms with E-state index in [0.717, 1.165) is 6.07 Å². The molecule has 11 heteroatoms. The van der Waals surface area contributed by atoms with Gasteiger partial charge in [0.05, 0.1) is 15.1 Å². The minimum Gasteiger partial charge on any atom is -0.258 e. The SMILES string of the molecule is O=[N+]([O-])c1cccc(S(=O)(=O)N2CCN(S(=O)(=O)C3CC3)CC2)c1. The number of hydrogen-bond acceptors (Lipinski definition) is 6. The van der Waals surface area contributed by atoms with Gasteiger partial charge in [0.25, 0.3) is 5.69 Å². The lowest BCUT2D eigenvalue weighted by molar-refractivity contribution is -0.385. The van der Waals surface area contributed by atoms with Crippen LogP contribution in [0, 0.1) is 10.1 Å². The van der Waals surface area contributed by atoms with Crippen LogP contribution >= 0.6 is 0 Å². The molecule has 0 atom stereocenters. The summed E-state index contributed by atoms with van der Waals surface area (Å²) in [6.07, 6.45) is 1.32. The Morgan fingerprint density at radius 1 is 1.00 bits per heavy atom. The topological polar surface area (TPSA) is 118 Å². The molecule has 0 amide bonds. The summed E-state index contributed by atoms with van der Waals surface area (Å²) < 4.78 is 52.1. The van der Waals surface area contributed by atoms with Crippen LogP contribution in [0.1, 0.15) is 12.8 Å². The third-order valence-corrected chi connectivity index (χ3v) is 8.46. The Morgan fingerprint density at radius 2 is 1.58 bits per heavy atom. The van der Waals surface area contributed by atoms with Crippen molar-refractivity contribution in [2.45, 2.75) is 23.0 Å². The van der Waals surface area contributed by atoms with Crippen LogP contribution in [-0.2, 0) is 20.0 Å². The maximum absolute atomic E-state index is 12.6. The smallest absolute Gasteiger partial charge is 0.258 e. The van der Waals surface area contributed by atoms with E-state index in [1.54, 1.807) is 0 Å². The summed E-state index contributed by atoms with van der Waals surface area (Å²) in [6.45, 7) is 0.286. The molecule has 2 aliphatic rings. The number of piperazine rings is 1. The Bertz CT molecular complexity index is 855. The molecule has 1 saturated carbocycles. The van der Waals surface area contributed by atoms with Crippen LogP contribution in [0.4, 0.5) is 5.69 Å². The van der Waals surface area contributed by atoms with Crippen molar-refractivity contribution in [2.24, 2.45) is 0 Å². The Labute approximate surface area is 140 Å². The van der Waals surface area contributed by atoms with Gasteiger partial charge in [0, 0.05) is 38.3 Å². The molecule has 9 nitrogen and oxygen atoms in total. The van der Waals surface area contributed by atoms with E-state index in [2.05, 4.69) is 0 Å². The van der Waals surface area contributed by atoms with Crippen molar-refractivity contribution in [3.05, 3.63) is 34.4 Å². The van der Waals surface area contributed by atoms with E-state index in [1.165, 1.54) is 26.8 Å². The van der Waals surface area contributed by atoms with E-state index >= 15 is 0 Å². The Morgan fingerprint density at radius 3 is 2.12 bits per heavy atom. The highest BCUT2D eigenvalue weighted by molar-refractivity contribution is 7.90. The van der Waals surface area contributed by atoms with E-state index in [4.69, 9.17) is 0 Å². The van der Waals surface area contributed by atoms with Crippen LogP contribution in [0.5, 0.6) is 0 Å². The van der Waals surface area contributed by atoms with Crippen LogP contribution in [0.15, 0.2) is 29.2 Å². The molecule has 132 valence electrons. The van der Waals surface area contributed by atoms with E-state index < -0.39 is 25.0 Å². The second kappa shape index (κ2) is 6.06. The zero-order valence-corrected chi connectivity index (χ0v) is 14.4. The van der Waals surface area contributed by atoms with Gasteiger partial charge in [-0.25, -0.2) is 16.8 Å². The summed E-state index contributed by atoms with van der Waals surface area (Å²) in [7, 11) is -7.20. The van der Waals surface area contributed by atoms with Crippen LogP contribution < -0.4 is 0 Å². The number of non-ortho nitro benzene ring substituents is 1. The molecule has 1 aromatic carbocycles. The van der Waals surface area contributed by atoms with Crippen molar-refractivity contribution in [1.29, 1.82) is 0 Å². The van der Waals surface area contributed by atoms with Crippen LogP contribution in [0.25, 0.3) is 0 Å². The highest BCUT2D eigenvalue weighted by atomic mass is 32.2. The van der Waals surface area contributed by atoms with Gasteiger partial charge >= 0.3 is 0 Å². The molecule has 1 aromatic rings.